The maximum Gasteiger partial charge on any atom is 0.416 e. The molecule has 2 N–H and O–H groups in total. The SMILES string of the molecule is Cn1nccc1-c1cc(NC(=O)c2ccc(C(F)(F)F)cc2)ccc1O[C@@H]1CCN(C(=O)O)C1. The van der Waals surface area contributed by atoms with Crippen molar-refractivity contribution in [3.63, 3.8) is 0 Å². The molecule has 1 aliphatic rings. The van der Waals surface area contributed by atoms with E-state index in [2.05, 4.69) is 10.4 Å². The average Bonchev–Trinajstić information content (AvgIpc) is 3.43. The van der Waals surface area contributed by atoms with Crippen molar-refractivity contribution in [2.24, 2.45) is 7.05 Å². The molecule has 2 amide bonds. The van der Waals surface area contributed by atoms with E-state index in [-0.39, 0.29) is 18.2 Å². The molecule has 0 radical (unpaired) electrons. The van der Waals surface area contributed by atoms with Crippen molar-refractivity contribution in [1.82, 2.24) is 14.7 Å². The van der Waals surface area contributed by atoms with Crippen LogP contribution in [0.2, 0.25) is 0 Å². The Balaban J connectivity index is 1.56. The fourth-order valence-electron chi connectivity index (χ4n) is 3.74. The highest BCUT2D eigenvalue weighted by molar-refractivity contribution is 6.04. The molecule has 11 heteroatoms. The van der Waals surface area contributed by atoms with Gasteiger partial charge in [0.2, 0.25) is 0 Å². The fourth-order valence-corrected chi connectivity index (χ4v) is 3.74. The number of benzene rings is 2. The van der Waals surface area contributed by atoms with Crippen LogP contribution in [0.15, 0.2) is 54.7 Å². The molecule has 1 atom stereocenters. The summed E-state index contributed by atoms with van der Waals surface area (Å²) >= 11 is 0. The van der Waals surface area contributed by atoms with Gasteiger partial charge in [-0.2, -0.15) is 18.3 Å². The third kappa shape index (κ3) is 4.98. The van der Waals surface area contributed by atoms with Gasteiger partial charge in [-0.05, 0) is 48.5 Å². The van der Waals surface area contributed by atoms with Crippen molar-refractivity contribution >= 4 is 17.7 Å². The first-order valence-electron chi connectivity index (χ1n) is 10.4. The number of aromatic nitrogens is 2. The van der Waals surface area contributed by atoms with E-state index < -0.39 is 23.7 Å². The van der Waals surface area contributed by atoms with Gasteiger partial charge in [0.25, 0.3) is 5.91 Å². The molecule has 8 nitrogen and oxygen atoms in total. The number of hydrogen-bond acceptors (Lipinski definition) is 4. The van der Waals surface area contributed by atoms with Gasteiger partial charge >= 0.3 is 12.3 Å². The Morgan fingerprint density at radius 3 is 2.47 bits per heavy atom. The summed E-state index contributed by atoms with van der Waals surface area (Å²) < 4.78 is 46.0. The molecule has 0 spiro atoms. The number of alkyl halides is 3. The van der Waals surface area contributed by atoms with Crippen LogP contribution in [-0.4, -0.2) is 51.0 Å². The Kier molecular flexibility index (Phi) is 6.18. The number of ether oxygens (including phenoxy) is 1. The Morgan fingerprint density at radius 2 is 1.88 bits per heavy atom. The maximum atomic E-state index is 12.8. The first-order valence-corrected chi connectivity index (χ1v) is 10.4. The van der Waals surface area contributed by atoms with Crippen LogP contribution in [0.3, 0.4) is 0 Å². The molecule has 4 rings (SSSR count). The number of anilines is 1. The first kappa shape index (κ1) is 23.1. The lowest BCUT2D eigenvalue weighted by Gasteiger charge is -2.18. The topological polar surface area (TPSA) is 96.7 Å². The number of hydrogen-bond donors (Lipinski definition) is 2. The minimum atomic E-state index is -4.48. The lowest BCUT2D eigenvalue weighted by atomic mass is 10.1. The number of amides is 2. The Hall–Kier alpha value is -4.02. The monoisotopic (exact) mass is 474 g/mol. The van der Waals surface area contributed by atoms with Gasteiger partial charge in [-0.1, -0.05) is 0 Å². The second kappa shape index (κ2) is 9.08. The zero-order valence-electron chi connectivity index (χ0n) is 18.0. The van der Waals surface area contributed by atoms with Gasteiger partial charge < -0.3 is 20.1 Å². The molecule has 3 aromatic rings. The molecule has 0 aliphatic carbocycles. The number of rotatable bonds is 5. The minimum absolute atomic E-state index is 0.0788. The van der Waals surface area contributed by atoms with Crippen LogP contribution in [0.25, 0.3) is 11.3 Å². The van der Waals surface area contributed by atoms with Gasteiger partial charge in [0.05, 0.1) is 17.8 Å². The lowest BCUT2D eigenvalue weighted by molar-refractivity contribution is -0.137. The Morgan fingerprint density at radius 1 is 1.15 bits per heavy atom. The summed E-state index contributed by atoms with van der Waals surface area (Å²) in [7, 11) is 1.74. The van der Waals surface area contributed by atoms with Gasteiger partial charge in [0.1, 0.15) is 11.9 Å². The molecule has 178 valence electrons. The second-order valence-electron chi connectivity index (χ2n) is 7.84. The number of halogens is 3. The number of likely N-dealkylation sites (tertiary alicyclic amines) is 1. The maximum absolute atomic E-state index is 12.8. The fraction of sp³-hybridized carbons (Fsp3) is 0.261. The molecule has 34 heavy (non-hydrogen) atoms. The zero-order chi connectivity index (χ0) is 24.5. The molecule has 1 saturated heterocycles. The highest BCUT2D eigenvalue weighted by Crippen LogP contribution is 2.34. The molecule has 0 saturated carbocycles. The van der Waals surface area contributed by atoms with Crippen LogP contribution in [0.5, 0.6) is 5.75 Å². The zero-order valence-corrected chi connectivity index (χ0v) is 18.0. The van der Waals surface area contributed by atoms with Crippen LogP contribution in [0.1, 0.15) is 22.3 Å². The van der Waals surface area contributed by atoms with E-state index in [0.29, 0.717) is 35.7 Å². The van der Waals surface area contributed by atoms with Crippen LogP contribution < -0.4 is 10.1 Å². The van der Waals surface area contributed by atoms with E-state index in [1.54, 1.807) is 42.2 Å². The summed E-state index contributed by atoms with van der Waals surface area (Å²) in [6.45, 7) is 0.620. The quantitative estimate of drug-likeness (QED) is 0.568. The normalized spacial score (nSPS) is 15.9. The largest absolute Gasteiger partial charge is 0.488 e. The molecular weight excluding hydrogens is 453 g/mol. The van der Waals surface area contributed by atoms with E-state index in [1.807, 2.05) is 0 Å². The van der Waals surface area contributed by atoms with Crippen LogP contribution in [0.4, 0.5) is 23.7 Å². The third-order valence-electron chi connectivity index (χ3n) is 5.52. The summed E-state index contributed by atoms with van der Waals surface area (Å²) in [4.78, 5) is 25.1. The van der Waals surface area contributed by atoms with Gasteiger partial charge in [0.15, 0.2) is 0 Å². The summed E-state index contributed by atoms with van der Waals surface area (Å²) in [5.74, 6) is -0.0698. The van der Waals surface area contributed by atoms with Crippen molar-refractivity contribution in [2.75, 3.05) is 18.4 Å². The summed E-state index contributed by atoms with van der Waals surface area (Å²) in [5.41, 5.74) is 0.979. The molecule has 1 aromatic heterocycles. The number of carbonyl (C=O) groups is 2. The smallest absolute Gasteiger partial charge is 0.416 e. The standard InChI is InChI=1S/C23H21F3N4O4/c1-29-19(8-10-27-29)18-12-16(6-7-20(18)34-17-9-11-30(13-17)22(32)33)28-21(31)14-2-4-15(5-3-14)23(24,25)26/h2-8,10,12,17H,9,11,13H2,1H3,(H,28,31)(H,32,33)/t17-/m1/s1. The predicted molar refractivity (Wildman–Crippen MR) is 117 cm³/mol. The minimum Gasteiger partial charge on any atom is -0.488 e. The van der Waals surface area contributed by atoms with Gasteiger partial charge in [-0.15, -0.1) is 0 Å². The summed E-state index contributed by atoms with van der Waals surface area (Å²) in [5, 5.41) is 16.0. The third-order valence-corrected chi connectivity index (χ3v) is 5.52. The van der Waals surface area contributed by atoms with E-state index in [4.69, 9.17) is 4.74 Å². The summed E-state index contributed by atoms with van der Waals surface area (Å²) in [6, 6.07) is 10.7. The number of nitrogens with zero attached hydrogens (tertiary/aromatic N) is 3. The van der Waals surface area contributed by atoms with Gasteiger partial charge in [-0.25, -0.2) is 4.79 Å². The molecular formula is C23H21F3N4O4. The number of nitrogens with one attached hydrogen (secondary N) is 1. The van der Waals surface area contributed by atoms with Crippen molar-refractivity contribution in [1.29, 1.82) is 0 Å². The second-order valence-corrected chi connectivity index (χ2v) is 7.84. The molecule has 2 heterocycles. The molecule has 2 aromatic carbocycles. The molecule has 1 fully saturated rings. The van der Waals surface area contributed by atoms with Crippen LogP contribution >= 0.6 is 0 Å². The number of carbonyl (C=O) groups excluding carboxylic acids is 1. The van der Waals surface area contributed by atoms with Gasteiger partial charge in [0, 0.05) is 43.0 Å². The van der Waals surface area contributed by atoms with Gasteiger partial charge in [-0.3, -0.25) is 9.48 Å². The highest BCUT2D eigenvalue weighted by atomic mass is 19.4. The van der Waals surface area contributed by atoms with E-state index in [1.165, 1.54) is 4.90 Å². The van der Waals surface area contributed by atoms with E-state index >= 15 is 0 Å². The van der Waals surface area contributed by atoms with E-state index in [0.717, 1.165) is 24.3 Å². The van der Waals surface area contributed by atoms with Crippen LogP contribution in [0, 0.1) is 0 Å². The highest BCUT2D eigenvalue weighted by Gasteiger charge is 2.30. The van der Waals surface area contributed by atoms with Crippen LogP contribution in [-0.2, 0) is 13.2 Å². The first-order chi connectivity index (χ1) is 16.1. The van der Waals surface area contributed by atoms with Crippen molar-refractivity contribution in [3.8, 4) is 17.0 Å². The van der Waals surface area contributed by atoms with Crippen molar-refractivity contribution in [2.45, 2.75) is 18.7 Å². The molecule has 1 aliphatic heterocycles. The van der Waals surface area contributed by atoms with Crippen molar-refractivity contribution < 1.29 is 32.6 Å². The lowest BCUT2D eigenvalue weighted by Crippen LogP contribution is -2.29. The number of aryl methyl sites for hydroxylation is 1. The van der Waals surface area contributed by atoms with E-state index in [9.17, 15) is 27.9 Å². The average molecular weight is 474 g/mol. The Labute approximate surface area is 192 Å². The summed E-state index contributed by atoms with van der Waals surface area (Å²) in [6.07, 6.45) is -3.66. The predicted octanol–water partition coefficient (Wildman–Crippen LogP) is 4.49. The number of carboxylic acid groups (broad SMARTS) is 1. The molecule has 0 bridgehead atoms. The van der Waals surface area contributed by atoms with Crippen molar-refractivity contribution in [3.05, 3.63) is 65.9 Å². The Bertz CT molecular complexity index is 1210. The molecule has 0 unspecified atom stereocenters.